The summed E-state index contributed by atoms with van der Waals surface area (Å²) in [6, 6.07) is 1.94. The zero-order valence-electron chi connectivity index (χ0n) is 8.97. The summed E-state index contributed by atoms with van der Waals surface area (Å²) in [5.41, 5.74) is 5.60. The third-order valence-electron chi connectivity index (χ3n) is 2.32. The van der Waals surface area contributed by atoms with Gasteiger partial charge in [0.2, 0.25) is 5.95 Å². The normalized spacial score (nSPS) is 12.9. The van der Waals surface area contributed by atoms with Gasteiger partial charge >= 0.3 is 0 Å². The van der Waals surface area contributed by atoms with Crippen molar-refractivity contribution in [2.75, 3.05) is 17.6 Å². The van der Waals surface area contributed by atoms with Crippen LogP contribution in [0.4, 0.5) is 11.8 Å². The van der Waals surface area contributed by atoms with E-state index in [1.807, 2.05) is 18.4 Å². The number of rotatable bonds is 4. The maximum Gasteiger partial charge on any atom is 0.223 e. The van der Waals surface area contributed by atoms with Gasteiger partial charge in [-0.05, 0) is 17.9 Å². The maximum atomic E-state index is 9.48. The second-order valence-electron chi connectivity index (χ2n) is 3.51. The zero-order valence-corrected chi connectivity index (χ0v) is 9.79. The van der Waals surface area contributed by atoms with Crippen molar-refractivity contribution in [2.45, 2.75) is 19.4 Å². The number of hydrogen-bond donors (Lipinski definition) is 3. The lowest BCUT2D eigenvalue weighted by Gasteiger charge is -2.10. The molecule has 0 aliphatic rings. The SMILES string of the molecule is CCC(O)CNc1nc(N)nc2sccc12. The Labute approximate surface area is 97.3 Å². The zero-order chi connectivity index (χ0) is 11.5. The van der Waals surface area contributed by atoms with Crippen LogP contribution < -0.4 is 11.1 Å². The molecular formula is C10H14N4OS. The lowest BCUT2D eigenvalue weighted by atomic mass is 10.3. The Balaban J connectivity index is 2.25. The second-order valence-corrected chi connectivity index (χ2v) is 4.41. The van der Waals surface area contributed by atoms with E-state index in [2.05, 4.69) is 15.3 Å². The summed E-state index contributed by atoms with van der Waals surface area (Å²) < 4.78 is 0. The van der Waals surface area contributed by atoms with E-state index >= 15 is 0 Å². The number of nitrogen functional groups attached to an aromatic ring is 1. The first-order valence-corrected chi connectivity index (χ1v) is 6.01. The van der Waals surface area contributed by atoms with Crippen LogP contribution in [0.5, 0.6) is 0 Å². The van der Waals surface area contributed by atoms with Crippen LogP contribution >= 0.6 is 11.3 Å². The molecule has 5 nitrogen and oxygen atoms in total. The van der Waals surface area contributed by atoms with E-state index in [1.165, 1.54) is 11.3 Å². The van der Waals surface area contributed by atoms with Crippen molar-refractivity contribution in [1.29, 1.82) is 0 Å². The van der Waals surface area contributed by atoms with E-state index in [0.717, 1.165) is 10.2 Å². The summed E-state index contributed by atoms with van der Waals surface area (Å²) >= 11 is 1.52. The van der Waals surface area contributed by atoms with Gasteiger partial charge in [-0.1, -0.05) is 6.92 Å². The number of aliphatic hydroxyl groups excluding tert-OH is 1. The fourth-order valence-corrected chi connectivity index (χ4v) is 2.14. The van der Waals surface area contributed by atoms with Crippen molar-refractivity contribution in [1.82, 2.24) is 9.97 Å². The van der Waals surface area contributed by atoms with Crippen LogP contribution in [0, 0.1) is 0 Å². The van der Waals surface area contributed by atoms with Crippen molar-refractivity contribution in [3.8, 4) is 0 Å². The van der Waals surface area contributed by atoms with Gasteiger partial charge in [0.15, 0.2) is 0 Å². The van der Waals surface area contributed by atoms with Crippen molar-refractivity contribution < 1.29 is 5.11 Å². The average Bonchev–Trinajstić information content (AvgIpc) is 2.73. The predicted octanol–water partition coefficient (Wildman–Crippen LogP) is 1.46. The van der Waals surface area contributed by atoms with Crippen molar-refractivity contribution in [2.24, 2.45) is 0 Å². The van der Waals surface area contributed by atoms with Gasteiger partial charge in [0.25, 0.3) is 0 Å². The minimum Gasteiger partial charge on any atom is -0.391 e. The fourth-order valence-electron chi connectivity index (χ4n) is 1.37. The largest absolute Gasteiger partial charge is 0.391 e. The van der Waals surface area contributed by atoms with Crippen LogP contribution in [0.1, 0.15) is 13.3 Å². The smallest absolute Gasteiger partial charge is 0.223 e. The molecule has 0 aliphatic carbocycles. The average molecular weight is 238 g/mol. The van der Waals surface area contributed by atoms with Crippen LogP contribution in [-0.2, 0) is 0 Å². The highest BCUT2D eigenvalue weighted by Crippen LogP contribution is 2.25. The number of nitrogens with two attached hydrogens (primary N) is 1. The van der Waals surface area contributed by atoms with Gasteiger partial charge in [0.1, 0.15) is 10.6 Å². The molecule has 0 saturated carbocycles. The molecule has 16 heavy (non-hydrogen) atoms. The lowest BCUT2D eigenvalue weighted by molar-refractivity contribution is 0.183. The van der Waals surface area contributed by atoms with Gasteiger partial charge < -0.3 is 16.2 Å². The van der Waals surface area contributed by atoms with Gasteiger partial charge in [0.05, 0.1) is 11.5 Å². The van der Waals surface area contributed by atoms with E-state index < -0.39 is 0 Å². The number of hydrogen-bond acceptors (Lipinski definition) is 6. The Hall–Kier alpha value is -1.40. The van der Waals surface area contributed by atoms with Gasteiger partial charge in [0, 0.05) is 6.54 Å². The highest BCUT2D eigenvalue weighted by molar-refractivity contribution is 7.16. The molecule has 86 valence electrons. The van der Waals surface area contributed by atoms with E-state index in [9.17, 15) is 5.11 Å². The monoisotopic (exact) mass is 238 g/mol. The van der Waals surface area contributed by atoms with Crippen molar-refractivity contribution in [3.05, 3.63) is 11.4 Å². The van der Waals surface area contributed by atoms with Gasteiger partial charge in [-0.15, -0.1) is 11.3 Å². The molecule has 0 radical (unpaired) electrons. The molecule has 0 aliphatic heterocycles. The third kappa shape index (κ3) is 2.23. The Bertz CT molecular complexity index is 485. The van der Waals surface area contributed by atoms with Gasteiger partial charge in [-0.2, -0.15) is 4.98 Å². The van der Waals surface area contributed by atoms with Gasteiger partial charge in [-0.25, -0.2) is 4.98 Å². The molecule has 2 aromatic heterocycles. The topological polar surface area (TPSA) is 84.1 Å². The highest BCUT2D eigenvalue weighted by atomic mass is 32.1. The fraction of sp³-hybridized carbons (Fsp3) is 0.400. The van der Waals surface area contributed by atoms with Crippen LogP contribution in [0.3, 0.4) is 0 Å². The standard InChI is InChI=1S/C10H14N4OS/c1-2-6(15)5-12-8-7-3-4-16-9(7)14-10(11)13-8/h3-4,6,15H,2,5H2,1H3,(H3,11,12,13,14). The molecule has 0 saturated heterocycles. The predicted molar refractivity (Wildman–Crippen MR) is 66.6 cm³/mol. The van der Waals surface area contributed by atoms with E-state index in [0.29, 0.717) is 18.8 Å². The molecule has 0 amide bonds. The van der Waals surface area contributed by atoms with Crippen LogP contribution in [-0.4, -0.2) is 27.7 Å². The summed E-state index contributed by atoms with van der Waals surface area (Å²) in [6.07, 6.45) is 0.338. The van der Waals surface area contributed by atoms with Gasteiger partial charge in [-0.3, -0.25) is 0 Å². The highest BCUT2D eigenvalue weighted by Gasteiger charge is 2.08. The van der Waals surface area contributed by atoms with E-state index in [-0.39, 0.29) is 12.1 Å². The molecule has 0 spiro atoms. The molecule has 0 aromatic carbocycles. The quantitative estimate of drug-likeness (QED) is 0.751. The molecule has 2 heterocycles. The molecular weight excluding hydrogens is 224 g/mol. The number of anilines is 2. The molecule has 1 unspecified atom stereocenters. The first-order chi connectivity index (χ1) is 7.70. The third-order valence-corrected chi connectivity index (χ3v) is 3.13. The number of aliphatic hydroxyl groups is 1. The summed E-state index contributed by atoms with van der Waals surface area (Å²) in [5, 5.41) is 15.5. The Kier molecular flexibility index (Phi) is 3.21. The Morgan fingerprint density at radius 2 is 2.38 bits per heavy atom. The number of nitrogens with zero attached hydrogens (tertiary/aromatic N) is 2. The molecule has 0 fully saturated rings. The molecule has 6 heteroatoms. The number of thiophene rings is 1. The molecule has 2 aromatic rings. The Morgan fingerprint density at radius 3 is 3.12 bits per heavy atom. The molecule has 2 rings (SSSR count). The first kappa shape index (κ1) is 11.1. The van der Waals surface area contributed by atoms with E-state index in [1.54, 1.807) is 0 Å². The minimum absolute atomic E-state index is 0.253. The summed E-state index contributed by atoms with van der Waals surface area (Å²) in [6.45, 7) is 2.40. The first-order valence-electron chi connectivity index (χ1n) is 5.13. The summed E-state index contributed by atoms with van der Waals surface area (Å²) in [4.78, 5) is 9.12. The number of nitrogens with one attached hydrogen (secondary N) is 1. The van der Waals surface area contributed by atoms with Crippen LogP contribution in [0.25, 0.3) is 10.2 Å². The summed E-state index contributed by atoms with van der Waals surface area (Å²) in [5.74, 6) is 0.944. The molecule has 4 N–H and O–H groups in total. The van der Waals surface area contributed by atoms with Crippen LogP contribution in [0.15, 0.2) is 11.4 Å². The molecule has 1 atom stereocenters. The van der Waals surface area contributed by atoms with Crippen molar-refractivity contribution in [3.63, 3.8) is 0 Å². The Morgan fingerprint density at radius 1 is 1.56 bits per heavy atom. The second kappa shape index (κ2) is 4.63. The minimum atomic E-state index is -0.370. The lowest BCUT2D eigenvalue weighted by Crippen LogP contribution is -2.19. The molecule has 0 bridgehead atoms. The maximum absolute atomic E-state index is 9.48. The van der Waals surface area contributed by atoms with Crippen LogP contribution in [0.2, 0.25) is 0 Å². The van der Waals surface area contributed by atoms with Crippen molar-refractivity contribution >= 4 is 33.3 Å². The number of fused-ring (bicyclic) bond motifs is 1. The van der Waals surface area contributed by atoms with E-state index in [4.69, 9.17) is 5.73 Å². The summed E-state index contributed by atoms with van der Waals surface area (Å²) in [7, 11) is 0. The number of aromatic nitrogens is 2.